The first-order valence-corrected chi connectivity index (χ1v) is 5.90. The van der Waals surface area contributed by atoms with Crippen LogP contribution in [-0.4, -0.2) is 37.3 Å². The van der Waals surface area contributed by atoms with Gasteiger partial charge in [0.15, 0.2) is 11.6 Å². The van der Waals surface area contributed by atoms with Gasteiger partial charge in [-0.15, -0.1) is 0 Å². The van der Waals surface area contributed by atoms with Crippen molar-refractivity contribution in [3.05, 3.63) is 12.3 Å². The van der Waals surface area contributed by atoms with Gasteiger partial charge in [-0.1, -0.05) is 0 Å². The minimum atomic E-state index is 0.447. The summed E-state index contributed by atoms with van der Waals surface area (Å²) < 4.78 is 5.35. The van der Waals surface area contributed by atoms with Crippen LogP contribution in [0.4, 0.5) is 11.5 Å². The number of nitrogens with one attached hydrogen (secondary N) is 1. The maximum Gasteiger partial charge on any atom is 0.171 e. The summed E-state index contributed by atoms with van der Waals surface area (Å²) in [4.78, 5) is 6.63. The number of ether oxygens (including phenoxy) is 1. The zero-order valence-corrected chi connectivity index (χ0v) is 10.6. The van der Waals surface area contributed by atoms with Crippen molar-refractivity contribution in [3.8, 4) is 5.75 Å². The highest BCUT2D eigenvalue weighted by Gasteiger charge is 2.24. The van der Waals surface area contributed by atoms with Crippen LogP contribution in [0.15, 0.2) is 12.3 Å². The van der Waals surface area contributed by atoms with Crippen molar-refractivity contribution < 1.29 is 4.74 Å². The largest absolute Gasteiger partial charge is 0.493 e. The number of nitrogens with two attached hydrogens (primary N) is 1. The first kappa shape index (κ1) is 12.0. The summed E-state index contributed by atoms with van der Waals surface area (Å²) in [5.74, 6) is 1.62. The monoisotopic (exact) mass is 236 g/mol. The number of hydrogen-bond acceptors (Lipinski definition) is 5. The van der Waals surface area contributed by atoms with E-state index in [0.717, 1.165) is 24.7 Å². The Labute approximate surface area is 102 Å². The van der Waals surface area contributed by atoms with E-state index >= 15 is 0 Å². The Morgan fingerprint density at radius 1 is 1.41 bits per heavy atom. The molecule has 0 amide bonds. The fourth-order valence-corrected chi connectivity index (χ4v) is 2.34. The van der Waals surface area contributed by atoms with Gasteiger partial charge in [0, 0.05) is 31.2 Å². The van der Waals surface area contributed by atoms with Crippen LogP contribution in [0.5, 0.6) is 5.75 Å². The van der Waals surface area contributed by atoms with E-state index in [9.17, 15) is 0 Å². The van der Waals surface area contributed by atoms with E-state index in [-0.39, 0.29) is 0 Å². The first-order chi connectivity index (χ1) is 8.10. The third-order valence-electron chi connectivity index (χ3n) is 2.93. The molecule has 1 aliphatic heterocycles. The van der Waals surface area contributed by atoms with Crippen LogP contribution in [0.2, 0.25) is 0 Å². The molecule has 5 nitrogen and oxygen atoms in total. The van der Waals surface area contributed by atoms with Gasteiger partial charge in [0.25, 0.3) is 0 Å². The van der Waals surface area contributed by atoms with Crippen LogP contribution < -0.4 is 20.7 Å². The molecule has 3 N–H and O–H groups in total. The van der Waals surface area contributed by atoms with Gasteiger partial charge in [0.05, 0.1) is 19.0 Å². The van der Waals surface area contributed by atoms with E-state index in [1.54, 1.807) is 13.3 Å². The second-order valence-corrected chi connectivity index (χ2v) is 4.67. The number of hydrogen-bond donors (Lipinski definition) is 2. The van der Waals surface area contributed by atoms with Crippen molar-refractivity contribution in [1.29, 1.82) is 0 Å². The van der Waals surface area contributed by atoms with E-state index < -0.39 is 0 Å². The van der Waals surface area contributed by atoms with Gasteiger partial charge in [0.2, 0.25) is 0 Å². The lowest BCUT2D eigenvalue weighted by molar-refractivity contribution is 0.388. The standard InChI is InChI=1S/C12H20N4O/c1-8-6-16(7-9(2)15-8)12-11(17-3)4-10(13)5-14-12/h4-5,8-9,15H,6-7,13H2,1-3H3/t8-,9+. The number of pyridine rings is 1. The molecule has 1 fully saturated rings. The van der Waals surface area contributed by atoms with Crippen LogP contribution in [0.25, 0.3) is 0 Å². The average molecular weight is 236 g/mol. The van der Waals surface area contributed by atoms with Crippen LogP contribution in [-0.2, 0) is 0 Å². The quantitative estimate of drug-likeness (QED) is 0.797. The summed E-state index contributed by atoms with van der Waals surface area (Å²) >= 11 is 0. The van der Waals surface area contributed by atoms with Crippen molar-refractivity contribution in [2.75, 3.05) is 30.8 Å². The van der Waals surface area contributed by atoms with Crippen molar-refractivity contribution in [1.82, 2.24) is 10.3 Å². The highest BCUT2D eigenvalue weighted by molar-refractivity contribution is 5.58. The fraction of sp³-hybridized carbons (Fsp3) is 0.583. The molecule has 0 bridgehead atoms. The lowest BCUT2D eigenvalue weighted by Gasteiger charge is -2.37. The Morgan fingerprint density at radius 2 is 2.06 bits per heavy atom. The molecular formula is C12H20N4O. The smallest absolute Gasteiger partial charge is 0.171 e. The molecule has 0 aromatic carbocycles. The van der Waals surface area contributed by atoms with Gasteiger partial charge < -0.3 is 20.7 Å². The summed E-state index contributed by atoms with van der Waals surface area (Å²) in [6.45, 7) is 6.20. The van der Waals surface area contributed by atoms with Gasteiger partial charge in [-0.05, 0) is 13.8 Å². The minimum absolute atomic E-state index is 0.447. The summed E-state index contributed by atoms with van der Waals surface area (Å²) in [5.41, 5.74) is 6.34. The number of nitrogen functional groups attached to an aromatic ring is 1. The van der Waals surface area contributed by atoms with E-state index in [1.165, 1.54) is 0 Å². The highest BCUT2D eigenvalue weighted by atomic mass is 16.5. The molecule has 0 saturated carbocycles. The first-order valence-electron chi connectivity index (χ1n) is 5.90. The normalized spacial score (nSPS) is 24.8. The fourth-order valence-electron chi connectivity index (χ4n) is 2.34. The number of piperazine rings is 1. The molecule has 2 heterocycles. The maximum absolute atomic E-state index is 5.71. The molecule has 94 valence electrons. The van der Waals surface area contributed by atoms with Gasteiger partial charge in [-0.3, -0.25) is 0 Å². The van der Waals surface area contributed by atoms with Crippen LogP contribution in [0.1, 0.15) is 13.8 Å². The Balaban J connectivity index is 2.26. The van der Waals surface area contributed by atoms with Gasteiger partial charge in [-0.2, -0.15) is 0 Å². The summed E-state index contributed by atoms with van der Waals surface area (Å²) in [6.07, 6.45) is 1.68. The van der Waals surface area contributed by atoms with Crippen LogP contribution in [0.3, 0.4) is 0 Å². The number of anilines is 2. The number of rotatable bonds is 2. The topological polar surface area (TPSA) is 63.4 Å². The third kappa shape index (κ3) is 2.61. The zero-order valence-electron chi connectivity index (χ0n) is 10.6. The molecule has 1 aromatic heterocycles. The molecule has 1 aromatic rings. The summed E-state index contributed by atoms with van der Waals surface area (Å²) in [6, 6.07) is 2.71. The van der Waals surface area contributed by atoms with E-state index in [1.807, 2.05) is 6.07 Å². The average Bonchev–Trinajstić information content (AvgIpc) is 2.27. The Hall–Kier alpha value is -1.49. The molecule has 1 aliphatic rings. The maximum atomic E-state index is 5.71. The molecule has 17 heavy (non-hydrogen) atoms. The zero-order chi connectivity index (χ0) is 12.4. The van der Waals surface area contributed by atoms with Crippen molar-refractivity contribution in [3.63, 3.8) is 0 Å². The predicted octanol–water partition coefficient (Wildman–Crippen LogP) is 0.859. The lowest BCUT2D eigenvalue weighted by Crippen LogP contribution is -2.54. The summed E-state index contributed by atoms with van der Waals surface area (Å²) in [7, 11) is 1.65. The molecule has 2 rings (SSSR count). The molecule has 2 atom stereocenters. The molecule has 0 unspecified atom stereocenters. The van der Waals surface area contributed by atoms with E-state index in [4.69, 9.17) is 10.5 Å². The Morgan fingerprint density at radius 3 is 2.65 bits per heavy atom. The molecule has 5 heteroatoms. The summed E-state index contributed by atoms with van der Waals surface area (Å²) in [5, 5.41) is 3.49. The second kappa shape index (κ2) is 4.79. The second-order valence-electron chi connectivity index (χ2n) is 4.67. The van der Waals surface area contributed by atoms with Crippen LogP contribution >= 0.6 is 0 Å². The molecular weight excluding hydrogens is 216 g/mol. The van der Waals surface area contributed by atoms with E-state index in [0.29, 0.717) is 17.8 Å². The molecule has 0 aliphatic carbocycles. The van der Waals surface area contributed by atoms with Gasteiger partial charge >= 0.3 is 0 Å². The number of methoxy groups -OCH3 is 1. The minimum Gasteiger partial charge on any atom is -0.493 e. The molecule has 1 saturated heterocycles. The van der Waals surface area contributed by atoms with Crippen molar-refractivity contribution in [2.24, 2.45) is 0 Å². The Bertz CT molecular complexity index is 386. The number of nitrogens with zero attached hydrogens (tertiary/aromatic N) is 2. The predicted molar refractivity (Wildman–Crippen MR) is 69.5 cm³/mol. The van der Waals surface area contributed by atoms with Crippen LogP contribution in [0, 0.1) is 0 Å². The van der Waals surface area contributed by atoms with E-state index in [2.05, 4.69) is 29.0 Å². The Kier molecular flexibility index (Phi) is 3.38. The third-order valence-corrected chi connectivity index (χ3v) is 2.93. The highest BCUT2D eigenvalue weighted by Crippen LogP contribution is 2.28. The van der Waals surface area contributed by atoms with Gasteiger partial charge in [-0.25, -0.2) is 4.98 Å². The van der Waals surface area contributed by atoms with Gasteiger partial charge in [0.1, 0.15) is 0 Å². The number of aromatic nitrogens is 1. The lowest BCUT2D eigenvalue weighted by atomic mass is 10.1. The SMILES string of the molecule is COc1cc(N)cnc1N1C[C@@H](C)N[C@@H](C)C1. The molecule has 0 spiro atoms. The van der Waals surface area contributed by atoms with Crippen molar-refractivity contribution >= 4 is 11.5 Å². The molecule has 0 radical (unpaired) electrons. The van der Waals surface area contributed by atoms with Crippen molar-refractivity contribution in [2.45, 2.75) is 25.9 Å².